The summed E-state index contributed by atoms with van der Waals surface area (Å²) >= 11 is -1.37. The molecule has 7 nitrogen and oxygen atoms in total. The highest BCUT2D eigenvalue weighted by Gasteiger charge is 2.23. The second kappa shape index (κ2) is 10.2. The molecule has 1 amide bonds. The first-order chi connectivity index (χ1) is 16.7. The van der Waals surface area contributed by atoms with Crippen LogP contribution in [0.15, 0.2) is 90.2 Å². The highest BCUT2D eigenvalue weighted by molar-refractivity contribution is 7.89. The lowest BCUT2D eigenvalue weighted by molar-refractivity contribution is 0.102. The standard InChI is InChI=1S/C27H25N5O2S/c1-27(2,3)31-35(34)25-10-5-4-9-23(25)20-11-13-21(14-12-20)30-26(33)24-17-32(18-29-24)22-8-6-7-19(15-22)16-28/h4-15,17-18,31H,1-3H3,(H,30,33). The van der Waals surface area contributed by atoms with Crippen LogP contribution in [0.3, 0.4) is 0 Å². The molecule has 0 aliphatic carbocycles. The SMILES string of the molecule is CC(C)(C)N[S+]([O-])c1ccccc1-c1ccc(NC(=O)c2cn(-c3cccc(C#N)c3)cn2)cc1. The number of anilines is 1. The molecule has 1 heterocycles. The van der Waals surface area contributed by atoms with Gasteiger partial charge in [-0.1, -0.05) is 30.3 Å². The van der Waals surface area contributed by atoms with Gasteiger partial charge in [-0.15, -0.1) is 4.72 Å². The predicted molar refractivity (Wildman–Crippen MR) is 137 cm³/mol. The number of benzene rings is 3. The number of rotatable bonds is 6. The molecule has 176 valence electrons. The lowest BCUT2D eigenvalue weighted by atomic mass is 10.1. The molecule has 0 bridgehead atoms. The van der Waals surface area contributed by atoms with Gasteiger partial charge in [0.1, 0.15) is 12.0 Å². The van der Waals surface area contributed by atoms with Crippen LogP contribution in [0.25, 0.3) is 16.8 Å². The number of hydrogen-bond donors (Lipinski definition) is 2. The molecule has 0 aliphatic rings. The molecule has 4 rings (SSSR count). The number of nitrogens with zero attached hydrogens (tertiary/aromatic N) is 3. The monoisotopic (exact) mass is 483 g/mol. The summed E-state index contributed by atoms with van der Waals surface area (Å²) in [5.41, 5.74) is 3.61. The average molecular weight is 484 g/mol. The first kappa shape index (κ1) is 24.2. The molecular formula is C27H25N5O2S. The summed E-state index contributed by atoms with van der Waals surface area (Å²) in [4.78, 5) is 17.6. The van der Waals surface area contributed by atoms with Gasteiger partial charge in [-0.2, -0.15) is 5.26 Å². The summed E-state index contributed by atoms with van der Waals surface area (Å²) in [7, 11) is 0. The summed E-state index contributed by atoms with van der Waals surface area (Å²) in [6.45, 7) is 5.91. The Balaban J connectivity index is 1.49. The minimum Gasteiger partial charge on any atom is -0.593 e. The van der Waals surface area contributed by atoms with Gasteiger partial charge in [-0.05, 0) is 68.8 Å². The Morgan fingerprint density at radius 1 is 1.06 bits per heavy atom. The fraction of sp³-hybridized carbons (Fsp3) is 0.148. The third-order valence-corrected chi connectivity index (χ3v) is 6.58. The first-order valence-corrected chi connectivity index (χ1v) is 12.1. The molecule has 8 heteroatoms. The molecular weight excluding hydrogens is 458 g/mol. The van der Waals surface area contributed by atoms with Crippen molar-refractivity contribution >= 4 is 23.0 Å². The van der Waals surface area contributed by atoms with Gasteiger partial charge in [0, 0.05) is 23.1 Å². The van der Waals surface area contributed by atoms with Crippen LogP contribution in [-0.2, 0) is 11.4 Å². The van der Waals surface area contributed by atoms with Gasteiger partial charge >= 0.3 is 0 Å². The van der Waals surface area contributed by atoms with E-state index in [0.29, 0.717) is 16.1 Å². The lowest BCUT2D eigenvalue weighted by Crippen LogP contribution is -2.40. The number of nitriles is 1. The lowest BCUT2D eigenvalue weighted by Gasteiger charge is -2.23. The Hall–Kier alpha value is -3.90. The Morgan fingerprint density at radius 3 is 2.51 bits per heavy atom. The van der Waals surface area contributed by atoms with Gasteiger partial charge in [-0.3, -0.25) is 4.79 Å². The van der Waals surface area contributed by atoms with E-state index in [2.05, 4.69) is 21.1 Å². The number of carbonyl (C=O) groups is 1. The molecule has 1 aromatic heterocycles. The van der Waals surface area contributed by atoms with E-state index in [1.54, 1.807) is 41.1 Å². The van der Waals surface area contributed by atoms with Crippen LogP contribution in [0.2, 0.25) is 0 Å². The van der Waals surface area contributed by atoms with Crippen LogP contribution >= 0.6 is 0 Å². The minimum atomic E-state index is -1.37. The van der Waals surface area contributed by atoms with Gasteiger partial charge < -0.3 is 14.4 Å². The zero-order chi connectivity index (χ0) is 25.0. The van der Waals surface area contributed by atoms with E-state index in [4.69, 9.17) is 5.26 Å². The van der Waals surface area contributed by atoms with Crippen molar-refractivity contribution in [3.8, 4) is 22.9 Å². The molecule has 2 N–H and O–H groups in total. The fourth-order valence-electron chi connectivity index (χ4n) is 3.45. The molecule has 0 spiro atoms. The third kappa shape index (κ3) is 5.97. The smallest absolute Gasteiger partial charge is 0.275 e. The molecule has 35 heavy (non-hydrogen) atoms. The Labute approximate surface area is 207 Å². The molecule has 4 aromatic rings. The van der Waals surface area contributed by atoms with Crippen molar-refractivity contribution in [2.45, 2.75) is 31.2 Å². The van der Waals surface area contributed by atoms with Gasteiger partial charge in [0.2, 0.25) is 0 Å². The van der Waals surface area contributed by atoms with Crippen LogP contribution in [0.1, 0.15) is 36.8 Å². The van der Waals surface area contributed by atoms with E-state index >= 15 is 0 Å². The van der Waals surface area contributed by atoms with Crippen molar-refractivity contribution in [2.75, 3.05) is 5.32 Å². The average Bonchev–Trinajstić information content (AvgIpc) is 3.34. The Kier molecular flexibility index (Phi) is 7.03. The number of imidazole rings is 1. The summed E-state index contributed by atoms with van der Waals surface area (Å²) < 4.78 is 17.7. The van der Waals surface area contributed by atoms with Gasteiger partial charge in [0.15, 0.2) is 4.90 Å². The number of carbonyl (C=O) groups excluding carboxylic acids is 1. The first-order valence-electron chi connectivity index (χ1n) is 11.0. The van der Waals surface area contributed by atoms with Gasteiger partial charge in [0.05, 0.1) is 28.5 Å². The van der Waals surface area contributed by atoms with Gasteiger partial charge in [-0.25, -0.2) is 4.98 Å². The van der Waals surface area contributed by atoms with Gasteiger partial charge in [0.25, 0.3) is 5.91 Å². The van der Waals surface area contributed by atoms with Crippen molar-refractivity contribution in [3.05, 3.63) is 96.6 Å². The van der Waals surface area contributed by atoms with E-state index < -0.39 is 11.4 Å². The predicted octanol–water partition coefficient (Wildman–Crippen LogP) is 5.07. The molecule has 0 aliphatic heterocycles. The zero-order valence-corrected chi connectivity index (χ0v) is 20.5. The van der Waals surface area contributed by atoms with Crippen LogP contribution in [0, 0.1) is 11.3 Å². The zero-order valence-electron chi connectivity index (χ0n) is 19.6. The molecule has 0 saturated carbocycles. The Bertz CT molecular complexity index is 1380. The summed E-state index contributed by atoms with van der Waals surface area (Å²) in [5.74, 6) is -0.344. The second-order valence-corrected chi connectivity index (χ2v) is 10.2. The largest absolute Gasteiger partial charge is 0.593 e. The minimum absolute atomic E-state index is 0.255. The normalized spacial score (nSPS) is 12.1. The summed E-state index contributed by atoms with van der Waals surface area (Å²) in [5, 5.41) is 11.9. The molecule has 0 radical (unpaired) electrons. The molecule has 0 fully saturated rings. The maximum Gasteiger partial charge on any atom is 0.275 e. The molecule has 3 aromatic carbocycles. The second-order valence-electron chi connectivity index (χ2n) is 8.98. The van der Waals surface area contributed by atoms with E-state index in [1.165, 1.54) is 6.33 Å². The van der Waals surface area contributed by atoms with E-state index in [-0.39, 0.29) is 17.1 Å². The van der Waals surface area contributed by atoms with Crippen LogP contribution in [0.5, 0.6) is 0 Å². The van der Waals surface area contributed by atoms with Crippen molar-refractivity contribution in [2.24, 2.45) is 0 Å². The topological polar surface area (TPSA) is 106 Å². The fourth-order valence-corrected chi connectivity index (χ4v) is 4.70. The van der Waals surface area contributed by atoms with Crippen molar-refractivity contribution in [1.82, 2.24) is 14.3 Å². The summed E-state index contributed by atoms with van der Waals surface area (Å²) in [6, 6.07) is 24.1. The third-order valence-electron chi connectivity index (χ3n) is 5.03. The van der Waals surface area contributed by atoms with Crippen LogP contribution < -0.4 is 10.0 Å². The molecule has 0 saturated heterocycles. The van der Waals surface area contributed by atoms with Crippen LogP contribution in [-0.4, -0.2) is 25.5 Å². The van der Waals surface area contributed by atoms with Crippen LogP contribution in [0.4, 0.5) is 5.69 Å². The quantitative estimate of drug-likeness (QED) is 0.372. The highest BCUT2D eigenvalue weighted by Crippen LogP contribution is 2.29. The molecule has 1 atom stereocenters. The Morgan fingerprint density at radius 2 is 1.80 bits per heavy atom. The number of amides is 1. The number of hydrogen-bond acceptors (Lipinski definition) is 5. The maximum absolute atomic E-state index is 12.9. The van der Waals surface area contributed by atoms with E-state index in [1.807, 2.05) is 63.2 Å². The van der Waals surface area contributed by atoms with E-state index in [0.717, 1.165) is 16.8 Å². The van der Waals surface area contributed by atoms with Crippen molar-refractivity contribution in [3.63, 3.8) is 0 Å². The molecule has 1 unspecified atom stereocenters. The number of nitrogens with one attached hydrogen (secondary N) is 2. The number of aromatic nitrogens is 2. The highest BCUT2D eigenvalue weighted by atomic mass is 32.2. The van der Waals surface area contributed by atoms with E-state index in [9.17, 15) is 9.35 Å². The van der Waals surface area contributed by atoms with Crippen molar-refractivity contribution in [1.29, 1.82) is 5.26 Å². The maximum atomic E-state index is 12.9. The van der Waals surface area contributed by atoms with Crippen molar-refractivity contribution < 1.29 is 9.35 Å². The summed E-state index contributed by atoms with van der Waals surface area (Å²) in [6.07, 6.45) is 3.16.